The van der Waals surface area contributed by atoms with Gasteiger partial charge in [-0.15, -0.1) is 0 Å². The number of hydrogen-bond donors (Lipinski definition) is 2. The first-order chi connectivity index (χ1) is 12.9. The summed E-state index contributed by atoms with van der Waals surface area (Å²) in [5.41, 5.74) is 1.81. The summed E-state index contributed by atoms with van der Waals surface area (Å²) in [6, 6.07) is 6.39. The summed E-state index contributed by atoms with van der Waals surface area (Å²) in [5, 5.41) is 22.8. The van der Waals surface area contributed by atoms with E-state index in [-0.39, 0.29) is 23.4 Å². The Morgan fingerprint density at radius 1 is 1.26 bits per heavy atom. The predicted molar refractivity (Wildman–Crippen MR) is 105 cm³/mol. The van der Waals surface area contributed by atoms with Crippen LogP contribution in [0, 0.1) is 11.3 Å². The molecule has 1 saturated heterocycles. The SMILES string of the molecule is COc1ccc2c(c1)N(C)[C@H]1[C@H](O)[C@H](O)C3(C(C)C)C=CCN4CC[C@]21[C@@H]43. The number of aliphatic hydroxyl groups is 2. The van der Waals surface area contributed by atoms with Crippen molar-refractivity contribution in [2.45, 2.75) is 50.0 Å². The first kappa shape index (κ1) is 17.5. The number of hydrogen-bond acceptors (Lipinski definition) is 5. The molecule has 3 heterocycles. The molecule has 2 N–H and O–H groups in total. The molecule has 1 unspecified atom stereocenters. The molecule has 6 atom stereocenters. The summed E-state index contributed by atoms with van der Waals surface area (Å²) >= 11 is 0. The number of nitrogens with zero attached hydrogens (tertiary/aromatic N) is 2. The number of ether oxygens (including phenoxy) is 1. The Kier molecular flexibility index (Phi) is 3.57. The summed E-state index contributed by atoms with van der Waals surface area (Å²) in [5.74, 6) is 1.06. The number of aliphatic hydroxyl groups excluding tert-OH is 2. The Balaban J connectivity index is 1.79. The number of methoxy groups -OCH3 is 1. The molecule has 5 nitrogen and oxygen atoms in total. The average Bonchev–Trinajstić information content (AvgIpc) is 3.17. The summed E-state index contributed by atoms with van der Waals surface area (Å²) < 4.78 is 5.47. The molecule has 0 amide bonds. The van der Waals surface area contributed by atoms with Gasteiger partial charge in [-0.3, -0.25) is 4.90 Å². The Hall–Kier alpha value is -1.56. The average molecular weight is 370 g/mol. The van der Waals surface area contributed by atoms with Gasteiger partial charge in [0.25, 0.3) is 0 Å². The molecule has 1 aromatic rings. The van der Waals surface area contributed by atoms with Crippen LogP contribution in [0.25, 0.3) is 0 Å². The van der Waals surface area contributed by atoms with E-state index < -0.39 is 17.6 Å². The minimum Gasteiger partial charge on any atom is -0.497 e. The van der Waals surface area contributed by atoms with Crippen LogP contribution < -0.4 is 9.64 Å². The van der Waals surface area contributed by atoms with Crippen molar-refractivity contribution in [1.82, 2.24) is 4.90 Å². The molecule has 0 aromatic heterocycles. The smallest absolute Gasteiger partial charge is 0.120 e. The molecule has 27 heavy (non-hydrogen) atoms. The third-order valence-electron chi connectivity index (χ3n) is 8.08. The van der Waals surface area contributed by atoms with Crippen LogP contribution in [0.5, 0.6) is 5.75 Å². The Labute approximate surface area is 161 Å². The van der Waals surface area contributed by atoms with Gasteiger partial charge in [-0.1, -0.05) is 32.1 Å². The second-order valence-corrected chi connectivity index (χ2v) is 9.12. The molecule has 5 heteroatoms. The standard InChI is InChI=1S/C22H30N2O3/c1-13(2)21-8-5-10-24-11-9-22(20(21)24)15-7-6-14(27-4)12-16(15)23(3)18(22)17(25)19(21)26/h5-8,12-13,17-20,25-26H,9-11H2,1-4H3/t17-,18-,19-,20-,21?,22-/m0/s1. The summed E-state index contributed by atoms with van der Waals surface area (Å²) in [7, 11) is 3.74. The van der Waals surface area contributed by atoms with Gasteiger partial charge in [-0.25, -0.2) is 0 Å². The summed E-state index contributed by atoms with van der Waals surface area (Å²) in [6.07, 6.45) is 3.84. The van der Waals surface area contributed by atoms with Gasteiger partial charge in [0, 0.05) is 42.2 Å². The van der Waals surface area contributed by atoms with E-state index in [1.165, 1.54) is 5.56 Å². The van der Waals surface area contributed by atoms with Crippen LogP contribution in [0.2, 0.25) is 0 Å². The second kappa shape index (κ2) is 5.49. The van der Waals surface area contributed by atoms with Crippen molar-refractivity contribution in [1.29, 1.82) is 0 Å². The number of likely N-dealkylation sites (N-methyl/N-ethyl adjacent to an activating group) is 1. The van der Waals surface area contributed by atoms with E-state index in [0.717, 1.165) is 30.9 Å². The van der Waals surface area contributed by atoms with E-state index in [4.69, 9.17) is 4.74 Å². The highest BCUT2D eigenvalue weighted by Crippen LogP contribution is 2.65. The molecular formula is C22H30N2O3. The van der Waals surface area contributed by atoms with Gasteiger partial charge in [0.1, 0.15) is 11.9 Å². The summed E-state index contributed by atoms with van der Waals surface area (Å²) in [4.78, 5) is 4.73. The highest BCUT2D eigenvalue weighted by atomic mass is 16.5. The lowest BCUT2D eigenvalue weighted by atomic mass is 9.49. The Bertz CT molecular complexity index is 809. The molecule has 1 spiro atoms. The van der Waals surface area contributed by atoms with E-state index in [9.17, 15) is 10.2 Å². The number of fused-ring (bicyclic) bond motifs is 1. The number of anilines is 1. The third kappa shape index (κ3) is 1.81. The van der Waals surface area contributed by atoms with Gasteiger partial charge in [0.05, 0.1) is 19.3 Å². The lowest BCUT2D eigenvalue weighted by Crippen LogP contribution is -2.74. The predicted octanol–water partition coefficient (Wildman–Crippen LogP) is 1.77. The molecule has 0 bridgehead atoms. The largest absolute Gasteiger partial charge is 0.497 e. The van der Waals surface area contributed by atoms with Crippen LogP contribution in [0.3, 0.4) is 0 Å². The quantitative estimate of drug-likeness (QED) is 0.777. The van der Waals surface area contributed by atoms with E-state index in [0.29, 0.717) is 0 Å². The van der Waals surface area contributed by atoms with E-state index in [2.05, 4.69) is 55.0 Å². The van der Waals surface area contributed by atoms with Crippen LogP contribution in [-0.4, -0.2) is 66.7 Å². The number of benzene rings is 1. The molecule has 0 radical (unpaired) electrons. The topological polar surface area (TPSA) is 56.2 Å². The maximum atomic E-state index is 11.4. The molecule has 3 aliphatic heterocycles. The molecule has 4 aliphatic rings. The first-order valence-corrected chi connectivity index (χ1v) is 10.1. The van der Waals surface area contributed by atoms with E-state index in [1.807, 2.05) is 6.07 Å². The molecule has 2 fully saturated rings. The zero-order valence-corrected chi connectivity index (χ0v) is 16.6. The van der Waals surface area contributed by atoms with Crippen molar-refractivity contribution in [2.75, 3.05) is 32.1 Å². The maximum absolute atomic E-state index is 11.4. The number of rotatable bonds is 2. The highest BCUT2D eigenvalue weighted by molar-refractivity contribution is 5.69. The fraction of sp³-hybridized carbons (Fsp3) is 0.636. The van der Waals surface area contributed by atoms with Crippen molar-refractivity contribution in [3.8, 4) is 5.75 Å². The Morgan fingerprint density at radius 2 is 2.04 bits per heavy atom. The maximum Gasteiger partial charge on any atom is 0.120 e. The van der Waals surface area contributed by atoms with Gasteiger partial charge < -0.3 is 19.8 Å². The summed E-state index contributed by atoms with van der Waals surface area (Å²) in [6.45, 7) is 6.29. The van der Waals surface area contributed by atoms with Crippen LogP contribution in [0.15, 0.2) is 30.4 Å². The van der Waals surface area contributed by atoms with Crippen LogP contribution >= 0.6 is 0 Å². The molecule has 1 saturated carbocycles. The van der Waals surface area contributed by atoms with Crippen molar-refractivity contribution >= 4 is 5.69 Å². The fourth-order valence-electron chi connectivity index (χ4n) is 7.05. The Morgan fingerprint density at radius 3 is 2.74 bits per heavy atom. The second-order valence-electron chi connectivity index (χ2n) is 9.12. The first-order valence-electron chi connectivity index (χ1n) is 10.1. The zero-order chi connectivity index (χ0) is 19.1. The van der Waals surface area contributed by atoms with Crippen LogP contribution in [0.4, 0.5) is 5.69 Å². The highest BCUT2D eigenvalue weighted by Gasteiger charge is 2.73. The zero-order valence-electron chi connectivity index (χ0n) is 16.6. The van der Waals surface area contributed by atoms with Crippen LogP contribution in [0.1, 0.15) is 25.8 Å². The molecule has 146 valence electrons. The van der Waals surface area contributed by atoms with Crippen molar-refractivity contribution < 1.29 is 14.9 Å². The van der Waals surface area contributed by atoms with E-state index in [1.54, 1.807) is 7.11 Å². The van der Waals surface area contributed by atoms with Crippen molar-refractivity contribution in [2.24, 2.45) is 11.3 Å². The normalized spacial score (nSPS) is 42.3. The third-order valence-corrected chi connectivity index (χ3v) is 8.08. The monoisotopic (exact) mass is 370 g/mol. The molecule has 5 rings (SSSR count). The van der Waals surface area contributed by atoms with Gasteiger partial charge >= 0.3 is 0 Å². The van der Waals surface area contributed by atoms with Gasteiger partial charge in [0.15, 0.2) is 0 Å². The lowest BCUT2D eigenvalue weighted by Gasteiger charge is -2.61. The molecule has 1 aromatic carbocycles. The van der Waals surface area contributed by atoms with Gasteiger partial charge in [0.2, 0.25) is 0 Å². The van der Waals surface area contributed by atoms with Crippen molar-refractivity contribution in [3.63, 3.8) is 0 Å². The minimum atomic E-state index is -0.797. The van der Waals surface area contributed by atoms with Crippen molar-refractivity contribution in [3.05, 3.63) is 35.9 Å². The van der Waals surface area contributed by atoms with E-state index >= 15 is 0 Å². The fourth-order valence-corrected chi connectivity index (χ4v) is 7.05. The lowest BCUT2D eigenvalue weighted by molar-refractivity contribution is -0.155. The molecular weight excluding hydrogens is 340 g/mol. The molecule has 1 aliphatic carbocycles. The van der Waals surface area contributed by atoms with Crippen LogP contribution in [-0.2, 0) is 5.41 Å². The van der Waals surface area contributed by atoms with Gasteiger partial charge in [-0.2, -0.15) is 0 Å². The minimum absolute atomic E-state index is 0.122. The van der Waals surface area contributed by atoms with Gasteiger partial charge in [-0.05, 0) is 30.5 Å².